The molecule has 4 atom stereocenters. The monoisotopic (exact) mass is 367 g/mol. The van der Waals surface area contributed by atoms with Gasteiger partial charge in [0.2, 0.25) is 0 Å². The molecule has 2 aromatic rings. The molecule has 0 amide bonds. The number of hydrogen-bond acceptors (Lipinski definition) is 5. The van der Waals surface area contributed by atoms with E-state index in [9.17, 15) is 0 Å². The van der Waals surface area contributed by atoms with Gasteiger partial charge in [0.15, 0.2) is 0 Å². The van der Waals surface area contributed by atoms with Crippen LogP contribution in [0.2, 0.25) is 0 Å². The van der Waals surface area contributed by atoms with Crippen molar-refractivity contribution in [3.63, 3.8) is 0 Å². The highest BCUT2D eigenvalue weighted by atomic mass is 16.6. The van der Waals surface area contributed by atoms with Gasteiger partial charge in [0.25, 0.3) is 0 Å². The maximum Gasteiger partial charge on any atom is 0.0984 e. The molecule has 2 aromatic carbocycles. The minimum absolute atomic E-state index is 0.350. The first-order valence-electron chi connectivity index (χ1n) is 10.1. The number of benzene rings is 2. The lowest BCUT2D eigenvalue weighted by Crippen LogP contribution is -2.33. The highest BCUT2D eigenvalue weighted by molar-refractivity contribution is 5.97. The number of hydrogen-bond donors (Lipinski definition) is 0. The van der Waals surface area contributed by atoms with Gasteiger partial charge in [-0.15, -0.1) is 0 Å². The van der Waals surface area contributed by atoms with E-state index >= 15 is 0 Å². The van der Waals surface area contributed by atoms with Crippen LogP contribution in [0.4, 0.5) is 5.69 Å². The topological polar surface area (TPSA) is 53.4 Å². The molecule has 0 spiro atoms. The molecule has 0 aromatic heterocycles. The first-order valence-corrected chi connectivity index (χ1v) is 10.1. The summed E-state index contributed by atoms with van der Waals surface area (Å²) in [4.78, 5) is 2.52. The predicted octanol–water partition coefficient (Wildman–Crippen LogP) is 2.33. The Morgan fingerprint density at radius 3 is 2.00 bits per heavy atom. The highest BCUT2D eigenvalue weighted by Crippen LogP contribution is 2.39. The molecule has 4 aliphatic heterocycles. The Hall–Kier alpha value is -1.66. The largest absolute Gasteiger partial charge is 0.373 e. The summed E-state index contributed by atoms with van der Waals surface area (Å²) in [5.74, 6) is 0. The van der Waals surface area contributed by atoms with E-state index < -0.39 is 0 Å². The molecule has 4 aliphatic rings. The van der Waals surface area contributed by atoms with Gasteiger partial charge in [-0.3, -0.25) is 0 Å². The smallest absolute Gasteiger partial charge is 0.0984 e. The summed E-state index contributed by atoms with van der Waals surface area (Å²) in [7, 11) is 0. The summed E-state index contributed by atoms with van der Waals surface area (Å²) in [6.45, 7) is 5.38. The van der Waals surface area contributed by atoms with Crippen LogP contribution in [0.15, 0.2) is 30.3 Å². The minimum atomic E-state index is 0.350. The zero-order chi connectivity index (χ0) is 17.8. The van der Waals surface area contributed by atoms with E-state index in [0.29, 0.717) is 24.4 Å². The van der Waals surface area contributed by atoms with Crippen LogP contribution in [-0.4, -0.2) is 63.9 Å². The molecule has 0 N–H and O–H groups in total. The van der Waals surface area contributed by atoms with Crippen LogP contribution in [-0.2, 0) is 31.8 Å². The van der Waals surface area contributed by atoms with E-state index in [-0.39, 0.29) is 0 Å². The first kappa shape index (κ1) is 16.3. The average molecular weight is 367 g/mol. The van der Waals surface area contributed by atoms with Gasteiger partial charge in [-0.2, -0.15) is 0 Å². The zero-order valence-corrected chi connectivity index (χ0v) is 15.4. The summed E-state index contributed by atoms with van der Waals surface area (Å²) < 4.78 is 22.4. The Labute approximate surface area is 159 Å². The van der Waals surface area contributed by atoms with Crippen molar-refractivity contribution in [1.82, 2.24) is 0 Å². The van der Waals surface area contributed by atoms with Crippen molar-refractivity contribution in [3.05, 3.63) is 41.5 Å². The SMILES string of the molecule is c1ccc2c(N(CC3CO3)CC3CO3)c(CC3CO3)c(CC3CO3)cc2c1. The number of fused-ring (bicyclic) bond motifs is 1. The molecule has 6 rings (SSSR count). The first-order chi connectivity index (χ1) is 13.3. The van der Waals surface area contributed by atoms with Gasteiger partial charge in [-0.05, 0) is 16.5 Å². The molecule has 5 nitrogen and oxygen atoms in total. The Kier molecular flexibility index (Phi) is 3.90. The fourth-order valence-corrected chi connectivity index (χ4v) is 4.14. The van der Waals surface area contributed by atoms with Gasteiger partial charge >= 0.3 is 0 Å². The summed E-state index contributed by atoms with van der Waals surface area (Å²) in [6, 6.07) is 11.1. The van der Waals surface area contributed by atoms with Crippen LogP contribution in [0.25, 0.3) is 10.8 Å². The fraction of sp³-hybridized carbons (Fsp3) is 0.545. The van der Waals surface area contributed by atoms with Gasteiger partial charge in [0.05, 0.1) is 50.8 Å². The number of rotatable bonds is 9. The van der Waals surface area contributed by atoms with E-state index in [1.165, 1.54) is 27.6 Å². The molecular formula is C22H25NO4. The van der Waals surface area contributed by atoms with E-state index in [0.717, 1.165) is 52.4 Å². The molecule has 27 heavy (non-hydrogen) atoms. The van der Waals surface area contributed by atoms with Crippen molar-refractivity contribution in [2.75, 3.05) is 44.4 Å². The number of ether oxygens (including phenoxy) is 4. The van der Waals surface area contributed by atoms with Gasteiger partial charge < -0.3 is 23.8 Å². The molecule has 0 saturated carbocycles. The predicted molar refractivity (Wildman–Crippen MR) is 103 cm³/mol. The lowest BCUT2D eigenvalue weighted by molar-refractivity contribution is 0.388. The summed E-state index contributed by atoms with van der Waals surface area (Å²) >= 11 is 0. The molecule has 4 saturated heterocycles. The van der Waals surface area contributed by atoms with E-state index in [2.05, 4.69) is 35.2 Å². The third-order valence-corrected chi connectivity index (χ3v) is 5.87. The average Bonchev–Trinajstić information content (AvgIpc) is 3.52. The van der Waals surface area contributed by atoms with Gasteiger partial charge in [-0.1, -0.05) is 30.3 Å². The Morgan fingerprint density at radius 2 is 1.37 bits per heavy atom. The summed E-state index contributed by atoms with van der Waals surface area (Å²) in [5.41, 5.74) is 4.22. The molecule has 4 heterocycles. The van der Waals surface area contributed by atoms with Crippen LogP contribution >= 0.6 is 0 Å². The third kappa shape index (κ3) is 3.69. The molecular weight excluding hydrogens is 342 g/mol. The molecule has 0 radical (unpaired) electrons. The molecule has 0 aliphatic carbocycles. The van der Waals surface area contributed by atoms with E-state index in [4.69, 9.17) is 18.9 Å². The number of epoxide rings is 4. The van der Waals surface area contributed by atoms with Gasteiger partial charge in [0.1, 0.15) is 0 Å². The van der Waals surface area contributed by atoms with Crippen LogP contribution in [0.1, 0.15) is 11.1 Å². The maximum absolute atomic E-state index is 5.62. The lowest BCUT2D eigenvalue weighted by atomic mass is 9.91. The van der Waals surface area contributed by atoms with Crippen molar-refractivity contribution in [2.45, 2.75) is 37.3 Å². The molecule has 5 heteroatoms. The van der Waals surface area contributed by atoms with Crippen molar-refractivity contribution in [3.8, 4) is 0 Å². The standard InChI is InChI=1S/C22H25NO4/c1-2-4-20-14(3-1)5-15(6-16-10-24-16)21(7-17-11-25-17)22(20)23(8-18-12-26-18)9-19-13-27-19/h1-5,16-19H,6-13H2. The van der Waals surface area contributed by atoms with Crippen LogP contribution in [0.5, 0.6) is 0 Å². The maximum atomic E-state index is 5.62. The van der Waals surface area contributed by atoms with Crippen LogP contribution < -0.4 is 4.90 Å². The molecule has 0 bridgehead atoms. The zero-order valence-electron chi connectivity index (χ0n) is 15.4. The Bertz CT molecular complexity index is 839. The Morgan fingerprint density at radius 1 is 0.778 bits per heavy atom. The second-order valence-corrected chi connectivity index (χ2v) is 8.22. The van der Waals surface area contributed by atoms with Crippen molar-refractivity contribution in [1.29, 1.82) is 0 Å². The van der Waals surface area contributed by atoms with Crippen LogP contribution in [0.3, 0.4) is 0 Å². The third-order valence-electron chi connectivity index (χ3n) is 5.87. The number of nitrogens with zero attached hydrogens (tertiary/aromatic N) is 1. The van der Waals surface area contributed by atoms with Gasteiger partial charge in [-0.25, -0.2) is 0 Å². The van der Waals surface area contributed by atoms with Crippen LogP contribution in [0, 0.1) is 0 Å². The van der Waals surface area contributed by atoms with E-state index in [1.54, 1.807) is 0 Å². The molecule has 142 valence electrons. The fourth-order valence-electron chi connectivity index (χ4n) is 4.14. The highest BCUT2D eigenvalue weighted by Gasteiger charge is 2.35. The Balaban J connectivity index is 1.49. The second kappa shape index (κ2) is 6.45. The lowest BCUT2D eigenvalue weighted by Gasteiger charge is -2.29. The summed E-state index contributed by atoms with van der Waals surface area (Å²) in [6.07, 6.45) is 3.42. The quantitative estimate of drug-likeness (QED) is 0.637. The van der Waals surface area contributed by atoms with Crippen molar-refractivity contribution >= 4 is 16.5 Å². The molecule has 4 fully saturated rings. The van der Waals surface area contributed by atoms with Crippen molar-refractivity contribution in [2.24, 2.45) is 0 Å². The van der Waals surface area contributed by atoms with E-state index in [1.807, 2.05) is 0 Å². The van der Waals surface area contributed by atoms with Crippen molar-refractivity contribution < 1.29 is 18.9 Å². The second-order valence-electron chi connectivity index (χ2n) is 8.22. The number of anilines is 1. The minimum Gasteiger partial charge on any atom is -0.373 e. The summed E-state index contributed by atoms with van der Waals surface area (Å²) in [5, 5.41) is 2.64. The van der Waals surface area contributed by atoms with Gasteiger partial charge in [0, 0.05) is 37.0 Å². The normalized spacial score (nSPS) is 30.4. The molecule has 4 unspecified atom stereocenters.